The number of carbonyl (C=O) groups excluding carboxylic acids is 1. The summed E-state index contributed by atoms with van der Waals surface area (Å²) in [5, 5.41) is 0. The largest absolute Gasteiger partial charge is 0.448 e. The van der Waals surface area contributed by atoms with Crippen molar-refractivity contribution in [1.82, 2.24) is 4.90 Å². The van der Waals surface area contributed by atoms with Crippen molar-refractivity contribution >= 4 is 11.8 Å². The van der Waals surface area contributed by atoms with E-state index in [4.69, 9.17) is 10.5 Å². The summed E-state index contributed by atoms with van der Waals surface area (Å²) in [6, 6.07) is 7.72. The Morgan fingerprint density at radius 2 is 2.33 bits per heavy atom. The number of nitrogens with two attached hydrogens (primary N) is 1. The molecule has 1 aliphatic rings. The normalized spacial score (nSPS) is 15.5. The quantitative estimate of drug-likeness (QED) is 0.757. The lowest BCUT2D eigenvalue weighted by atomic mass is 10.1. The van der Waals surface area contributed by atoms with Crippen LogP contribution in [-0.4, -0.2) is 30.7 Å². The monoisotopic (exact) mass is 206 g/mol. The molecule has 0 saturated carbocycles. The van der Waals surface area contributed by atoms with E-state index in [9.17, 15) is 4.79 Å². The lowest BCUT2D eigenvalue weighted by molar-refractivity contribution is 0.159. The molecule has 4 heteroatoms. The lowest BCUT2D eigenvalue weighted by Crippen LogP contribution is -2.26. The fraction of sp³-hybridized carbons (Fsp3) is 0.364. The first-order chi connectivity index (χ1) is 7.25. The fourth-order valence-corrected chi connectivity index (χ4v) is 1.64. The summed E-state index contributed by atoms with van der Waals surface area (Å²) in [6.45, 7) is 1.90. The first kappa shape index (κ1) is 9.83. The molecule has 1 saturated heterocycles. The van der Waals surface area contributed by atoms with Crippen LogP contribution in [-0.2, 0) is 11.2 Å². The first-order valence-electron chi connectivity index (χ1n) is 5.02. The van der Waals surface area contributed by atoms with E-state index in [1.165, 1.54) is 0 Å². The summed E-state index contributed by atoms with van der Waals surface area (Å²) in [7, 11) is 0. The second kappa shape index (κ2) is 4.21. The van der Waals surface area contributed by atoms with E-state index < -0.39 is 0 Å². The van der Waals surface area contributed by atoms with Crippen LogP contribution in [0, 0.1) is 0 Å². The number of benzene rings is 1. The zero-order valence-electron chi connectivity index (χ0n) is 8.48. The molecular weight excluding hydrogens is 192 g/mol. The SMILES string of the molecule is Nc1cccc(CCN2CCOC2=O)c1. The smallest absolute Gasteiger partial charge is 0.409 e. The number of hydrogen-bond acceptors (Lipinski definition) is 3. The van der Waals surface area contributed by atoms with Crippen molar-refractivity contribution in [2.24, 2.45) is 0 Å². The second-order valence-electron chi connectivity index (χ2n) is 3.60. The highest BCUT2D eigenvalue weighted by Gasteiger charge is 2.20. The summed E-state index contributed by atoms with van der Waals surface area (Å²) in [6.07, 6.45) is 0.610. The van der Waals surface area contributed by atoms with E-state index in [0.29, 0.717) is 19.7 Å². The average Bonchev–Trinajstić information content (AvgIpc) is 2.61. The number of carbonyl (C=O) groups is 1. The van der Waals surface area contributed by atoms with Gasteiger partial charge in [-0.2, -0.15) is 0 Å². The summed E-state index contributed by atoms with van der Waals surface area (Å²) in [5.74, 6) is 0. The maximum Gasteiger partial charge on any atom is 0.409 e. The molecule has 0 bridgehead atoms. The molecule has 4 nitrogen and oxygen atoms in total. The minimum absolute atomic E-state index is 0.209. The maximum absolute atomic E-state index is 11.1. The third-order valence-electron chi connectivity index (χ3n) is 2.47. The van der Waals surface area contributed by atoms with Gasteiger partial charge < -0.3 is 15.4 Å². The maximum atomic E-state index is 11.1. The summed E-state index contributed by atoms with van der Waals surface area (Å²) >= 11 is 0. The number of nitrogens with zero attached hydrogens (tertiary/aromatic N) is 1. The Labute approximate surface area is 88.6 Å². The van der Waals surface area contributed by atoms with Crippen molar-refractivity contribution < 1.29 is 9.53 Å². The molecule has 0 unspecified atom stereocenters. The number of amides is 1. The molecule has 0 aliphatic carbocycles. The Bertz CT molecular complexity index is 365. The summed E-state index contributed by atoms with van der Waals surface area (Å²) in [4.78, 5) is 12.9. The Kier molecular flexibility index (Phi) is 2.76. The molecule has 80 valence electrons. The molecule has 15 heavy (non-hydrogen) atoms. The van der Waals surface area contributed by atoms with Gasteiger partial charge in [-0.25, -0.2) is 4.79 Å². The Balaban J connectivity index is 1.90. The van der Waals surface area contributed by atoms with Crippen molar-refractivity contribution in [2.45, 2.75) is 6.42 Å². The van der Waals surface area contributed by atoms with Crippen LogP contribution >= 0.6 is 0 Å². The van der Waals surface area contributed by atoms with Gasteiger partial charge in [-0.1, -0.05) is 12.1 Å². The van der Waals surface area contributed by atoms with Crippen molar-refractivity contribution in [3.8, 4) is 0 Å². The molecule has 1 amide bonds. The number of hydrogen-bond donors (Lipinski definition) is 1. The standard InChI is InChI=1S/C11H14N2O2/c12-10-3-1-2-9(8-10)4-5-13-6-7-15-11(13)14/h1-3,8H,4-7,12H2. The van der Waals surface area contributed by atoms with Gasteiger partial charge in [0.25, 0.3) is 0 Å². The van der Waals surface area contributed by atoms with E-state index >= 15 is 0 Å². The van der Waals surface area contributed by atoms with Gasteiger partial charge in [0.1, 0.15) is 6.61 Å². The average molecular weight is 206 g/mol. The van der Waals surface area contributed by atoms with E-state index in [1.807, 2.05) is 24.3 Å². The van der Waals surface area contributed by atoms with Crippen LogP contribution in [0.2, 0.25) is 0 Å². The minimum Gasteiger partial charge on any atom is -0.448 e. The van der Waals surface area contributed by atoms with Crippen molar-refractivity contribution in [2.75, 3.05) is 25.4 Å². The van der Waals surface area contributed by atoms with Gasteiger partial charge in [-0.05, 0) is 24.1 Å². The van der Waals surface area contributed by atoms with Crippen LogP contribution in [0.3, 0.4) is 0 Å². The predicted molar refractivity (Wildman–Crippen MR) is 57.5 cm³/mol. The number of ether oxygens (including phenoxy) is 1. The highest BCUT2D eigenvalue weighted by atomic mass is 16.6. The van der Waals surface area contributed by atoms with Crippen LogP contribution in [0.5, 0.6) is 0 Å². The minimum atomic E-state index is -0.209. The van der Waals surface area contributed by atoms with Gasteiger partial charge in [0.15, 0.2) is 0 Å². The highest BCUT2D eigenvalue weighted by molar-refractivity contribution is 5.69. The van der Waals surface area contributed by atoms with Crippen LogP contribution in [0.25, 0.3) is 0 Å². The lowest BCUT2D eigenvalue weighted by Gasteiger charge is -2.12. The molecule has 0 aromatic heterocycles. The number of anilines is 1. The Hall–Kier alpha value is -1.71. The number of nitrogen functional groups attached to an aromatic ring is 1. The zero-order valence-corrected chi connectivity index (χ0v) is 8.48. The van der Waals surface area contributed by atoms with Crippen LogP contribution < -0.4 is 5.73 Å². The van der Waals surface area contributed by atoms with Gasteiger partial charge in [-0.15, -0.1) is 0 Å². The summed E-state index contributed by atoms with van der Waals surface area (Å²) < 4.78 is 4.84. The Morgan fingerprint density at radius 1 is 1.47 bits per heavy atom. The van der Waals surface area contributed by atoms with E-state index in [2.05, 4.69) is 0 Å². The molecule has 0 spiro atoms. The third kappa shape index (κ3) is 2.40. The third-order valence-corrected chi connectivity index (χ3v) is 2.47. The molecule has 0 atom stereocenters. The van der Waals surface area contributed by atoms with Crippen molar-refractivity contribution in [1.29, 1.82) is 0 Å². The molecule has 1 aliphatic heterocycles. The molecule has 1 heterocycles. The van der Waals surface area contributed by atoms with E-state index in [1.54, 1.807) is 4.90 Å². The molecular formula is C11H14N2O2. The van der Waals surface area contributed by atoms with E-state index in [0.717, 1.165) is 17.7 Å². The van der Waals surface area contributed by atoms with Crippen LogP contribution in [0.15, 0.2) is 24.3 Å². The van der Waals surface area contributed by atoms with Crippen LogP contribution in [0.4, 0.5) is 10.5 Å². The molecule has 2 rings (SSSR count). The second-order valence-corrected chi connectivity index (χ2v) is 3.60. The predicted octanol–water partition coefficient (Wildman–Crippen LogP) is 1.26. The van der Waals surface area contributed by atoms with E-state index in [-0.39, 0.29) is 6.09 Å². The van der Waals surface area contributed by atoms with Crippen molar-refractivity contribution in [3.63, 3.8) is 0 Å². The van der Waals surface area contributed by atoms with Gasteiger partial charge in [0, 0.05) is 12.2 Å². The molecule has 2 N–H and O–H groups in total. The zero-order chi connectivity index (χ0) is 10.7. The van der Waals surface area contributed by atoms with Gasteiger partial charge in [0.05, 0.1) is 6.54 Å². The number of cyclic esters (lactones) is 1. The fourth-order valence-electron chi connectivity index (χ4n) is 1.64. The number of rotatable bonds is 3. The first-order valence-corrected chi connectivity index (χ1v) is 5.02. The highest BCUT2D eigenvalue weighted by Crippen LogP contribution is 2.09. The van der Waals surface area contributed by atoms with Gasteiger partial charge in [0.2, 0.25) is 0 Å². The summed E-state index contributed by atoms with van der Waals surface area (Å²) in [5.41, 5.74) is 7.57. The van der Waals surface area contributed by atoms with Crippen LogP contribution in [0.1, 0.15) is 5.56 Å². The topological polar surface area (TPSA) is 55.6 Å². The van der Waals surface area contributed by atoms with Crippen molar-refractivity contribution in [3.05, 3.63) is 29.8 Å². The van der Waals surface area contributed by atoms with Gasteiger partial charge in [-0.3, -0.25) is 0 Å². The van der Waals surface area contributed by atoms with Gasteiger partial charge >= 0.3 is 6.09 Å². The molecule has 1 fully saturated rings. The molecule has 0 radical (unpaired) electrons. The molecule has 1 aromatic rings. The molecule has 1 aromatic carbocycles. The Morgan fingerprint density at radius 3 is 3.00 bits per heavy atom.